The van der Waals surface area contributed by atoms with E-state index in [1.165, 1.54) is 18.5 Å². The van der Waals surface area contributed by atoms with Gasteiger partial charge in [0.05, 0.1) is 11.9 Å². The summed E-state index contributed by atoms with van der Waals surface area (Å²) < 4.78 is 39.5. The minimum absolute atomic E-state index is 0.0871. The number of nitrogens with zero attached hydrogens (tertiary/aromatic N) is 2. The summed E-state index contributed by atoms with van der Waals surface area (Å²) in [4.78, 5) is 11.3. The Morgan fingerprint density at radius 3 is 2.72 bits per heavy atom. The first kappa shape index (κ1) is 12.6. The molecule has 0 unspecified atom stereocenters. The van der Waals surface area contributed by atoms with Crippen molar-refractivity contribution in [2.75, 3.05) is 0 Å². The second-order valence-electron chi connectivity index (χ2n) is 3.56. The maximum absolute atomic E-state index is 12.8. The number of rotatable bonds is 2. The molecule has 2 heterocycles. The van der Waals surface area contributed by atoms with Gasteiger partial charge in [-0.05, 0) is 11.4 Å². The molecule has 0 spiro atoms. The van der Waals surface area contributed by atoms with Crippen molar-refractivity contribution in [1.82, 2.24) is 9.78 Å². The highest BCUT2D eigenvalue weighted by Crippen LogP contribution is 2.38. The molecule has 0 saturated carbocycles. The number of carbonyl (C=O) groups excluding carboxylic acids is 1. The maximum atomic E-state index is 12.8. The first-order valence-corrected chi connectivity index (χ1v) is 5.67. The molecule has 0 aliphatic rings. The molecule has 4 nitrogen and oxygen atoms in total. The second kappa shape index (κ2) is 4.13. The average Bonchev–Trinajstić information content (AvgIpc) is 2.81. The smallest absolute Gasteiger partial charge is 0.365 e. The van der Waals surface area contributed by atoms with Crippen molar-refractivity contribution in [3.8, 4) is 11.3 Å². The van der Waals surface area contributed by atoms with Crippen molar-refractivity contribution < 1.29 is 18.0 Å². The first-order valence-electron chi connectivity index (χ1n) is 4.79. The summed E-state index contributed by atoms with van der Waals surface area (Å²) in [5.74, 6) is -0.755. The topological polar surface area (TPSA) is 60.9 Å². The summed E-state index contributed by atoms with van der Waals surface area (Å²) >= 11 is 1.00. The molecule has 2 rings (SSSR count). The number of amides is 1. The van der Waals surface area contributed by atoms with E-state index in [4.69, 9.17) is 5.73 Å². The molecular weight excluding hydrogens is 267 g/mol. The zero-order valence-electron chi connectivity index (χ0n) is 9.15. The number of carbonyl (C=O) groups is 1. The van der Waals surface area contributed by atoms with Crippen molar-refractivity contribution >= 4 is 17.2 Å². The van der Waals surface area contributed by atoms with E-state index >= 15 is 0 Å². The molecule has 0 fully saturated rings. The monoisotopic (exact) mass is 275 g/mol. The van der Waals surface area contributed by atoms with E-state index in [2.05, 4.69) is 5.10 Å². The van der Waals surface area contributed by atoms with Gasteiger partial charge in [-0.25, -0.2) is 0 Å². The van der Waals surface area contributed by atoms with Crippen LogP contribution in [0, 0.1) is 0 Å². The van der Waals surface area contributed by atoms with E-state index in [-0.39, 0.29) is 16.1 Å². The minimum Gasteiger partial charge on any atom is -0.365 e. The quantitative estimate of drug-likeness (QED) is 0.913. The molecule has 0 radical (unpaired) electrons. The third-order valence-electron chi connectivity index (χ3n) is 2.39. The lowest BCUT2D eigenvalue weighted by molar-refractivity contribution is -0.137. The van der Waals surface area contributed by atoms with Gasteiger partial charge in [0.2, 0.25) is 0 Å². The number of primary amides is 1. The van der Waals surface area contributed by atoms with Crippen LogP contribution in [0.5, 0.6) is 0 Å². The second-order valence-corrected chi connectivity index (χ2v) is 4.47. The zero-order valence-corrected chi connectivity index (χ0v) is 9.97. The fourth-order valence-electron chi connectivity index (χ4n) is 1.65. The maximum Gasteiger partial charge on any atom is 0.420 e. The molecule has 2 aromatic rings. The molecule has 96 valence electrons. The van der Waals surface area contributed by atoms with Crippen molar-refractivity contribution in [2.45, 2.75) is 6.18 Å². The Kier molecular flexibility index (Phi) is 2.89. The largest absolute Gasteiger partial charge is 0.420 e. The van der Waals surface area contributed by atoms with Crippen molar-refractivity contribution in [3.05, 3.63) is 28.1 Å². The molecule has 0 bridgehead atoms. The normalized spacial score (nSPS) is 11.8. The van der Waals surface area contributed by atoms with Gasteiger partial charge in [-0.3, -0.25) is 9.48 Å². The standard InChI is InChI=1S/C10H8F3N3OS/c1-16-7(6(4-15-16)10(11,12)13)5-2-3-18-8(5)9(14)17/h2-4H,1H3,(H2,14,17). The summed E-state index contributed by atoms with van der Waals surface area (Å²) in [6.45, 7) is 0. The Bertz CT molecular complexity index is 600. The Hall–Kier alpha value is -1.83. The van der Waals surface area contributed by atoms with Crippen molar-refractivity contribution in [1.29, 1.82) is 0 Å². The SMILES string of the molecule is Cn1ncc(C(F)(F)F)c1-c1ccsc1C(N)=O. The van der Waals surface area contributed by atoms with Gasteiger partial charge in [-0.2, -0.15) is 18.3 Å². The van der Waals surface area contributed by atoms with Crippen LogP contribution in [0.25, 0.3) is 11.3 Å². The predicted octanol–water partition coefficient (Wildman–Crippen LogP) is 2.27. The Morgan fingerprint density at radius 2 is 2.17 bits per heavy atom. The number of halogens is 3. The third kappa shape index (κ3) is 1.99. The molecule has 0 aliphatic carbocycles. The van der Waals surface area contributed by atoms with Crippen LogP contribution in [0.3, 0.4) is 0 Å². The molecule has 1 amide bonds. The molecule has 18 heavy (non-hydrogen) atoms. The highest BCUT2D eigenvalue weighted by atomic mass is 32.1. The number of hydrogen-bond acceptors (Lipinski definition) is 3. The van der Waals surface area contributed by atoms with Gasteiger partial charge in [-0.1, -0.05) is 0 Å². The molecule has 2 aromatic heterocycles. The van der Waals surface area contributed by atoms with E-state index < -0.39 is 17.6 Å². The van der Waals surface area contributed by atoms with Crippen molar-refractivity contribution in [2.24, 2.45) is 12.8 Å². The van der Waals surface area contributed by atoms with Crippen LogP contribution in [-0.2, 0) is 13.2 Å². The average molecular weight is 275 g/mol. The van der Waals surface area contributed by atoms with Crippen LogP contribution in [0.1, 0.15) is 15.2 Å². The molecule has 0 aromatic carbocycles. The molecule has 0 aliphatic heterocycles. The molecule has 2 N–H and O–H groups in total. The lowest BCUT2D eigenvalue weighted by Gasteiger charge is -2.09. The van der Waals surface area contributed by atoms with Gasteiger partial charge in [0.25, 0.3) is 5.91 Å². The van der Waals surface area contributed by atoms with Crippen LogP contribution >= 0.6 is 11.3 Å². The molecule has 0 saturated heterocycles. The zero-order chi connectivity index (χ0) is 13.5. The summed E-state index contributed by atoms with van der Waals surface area (Å²) in [6.07, 6.45) is -3.79. The lowest BCUT2D eigenvalue weighted by atomic mass is 10.1. The first-order chi connectivity index (χ1) is 8.32. The fourth-order valence-corrected chi connectivity index (χ4v) is 2.40. The number of aromatic nitrogens is 2. The van der Waals surface area contributed by atoms with E-state index in [9.17, 15) is 18.0 Å². The van der Waals surface area contributed by atoms with E-state index in [1.54, 1.807) is 0 Å². The van der Waals surface area contributed by atoms with Crippen LogP contribution in [0.2, 0.25) is 0 Å². The van der Waals surface area contributed by atoms with Gasteiger partial charge in [0.15, 0.2) is 0 Å². The van der Waals surface area contributed by atoms with Gasteiger partial charge in [0, 0.05) is 12.6 Å². The van der Waals surface area contributed by atoms with Gasteiger partial charge >= 0.3 is 6.18 Å². The number of nitrogens with two attached hydrogens (primary N) is 1. The molecular formula is C10H8F3N3OS. The molecule has 0 atom stereocenters. The number of alkyl halides is 3. The fraction of sp³-hybridized carbons (Fsp3) is 0.200. The Morgan fingerprint density at radius 1 is 1.50 bits per heavy atom. The Labute approximate surface area is 104 Å². The van der Waals surface area contributed by atoms with Crippen LogP contribution in [0.4, 0.5) is 13.2 Å². The summed E-state index contributed by atoms with van der Waals surface area (Å²) in [5.41, 5.74) is 4.25. The van der Waals surface area contributed by atoms with E-state index in [1.807, 2.05) is 0 Å². The van der Waals surface area contributed by atoms with Crippen molar-refractivity contribution in [3.63, 3.8) is 0 Å². The summed E-state index contributed by atoms with van der Waals surface area (Å²) in [7, 11) is 1.38. The highest BCUT2D eigenvalue weighted by Gasteiger charge is 2.37. The summed E-state index contributed by atoms with van der Waals surface area (Å²) in [5, 5.41) is 5.11. The number of hydrogen-bond donors (Lipinski definition) is 1. The Balaban J connectivity index is 2.68. The number of aryl methyl sites for hydroxylation is 1. The minimum atomic E-state index is -4.53. The van der Waals surface area contributed by atoms with Gasteiger partial charge in [0.1, 0.15) is 10.4 Å². The third-order valence-corrected chi connectivity index (χ3v) is 3.32. The highest BCUT2D eigenvalue weighted by molar-refractivity contribution is 7.12. The van der Waals surface area contributed by atoms with Gasteiger partial charge in [-0.15, -0.1) is 11.3 Å². The van der Waals surface area contributed by atoms with Crippen LogP contribution in [-0.4, -0.2) is 15.7 Å². The van der Waals surface area contributed by atoms with Crippen LogP contribution in [0.15, 0.2) is 17.6 Å². The van der Waals surface area contributed by atoms with Crippen LogP contribution < -0.4 is 5.73 Å². The predicted molar refractivity (Wildman–Crippen MR) is 60.0 cm³/mol. The van der Waals surface area contributed by atoms with E-state index in [0.29, 0.717) is 0 Å². The summed E-state index contributed by atoms with van der Waals surface area (Å²) in [6, 6.07) is 1.43. The van der Waals surface area contributed by atoms with E-state index in [0.717, 1.165) is 22.2 Å². The molecule has 8 heteroatoms. The number of thiophene rings is 1. The van der Waals surface area contributed by atoms with Gasteiger partial charge < -0.3 is 5.73 Å². The lowest BCUT2D eigenvalue weighted by Crippen LogP contribution is -2.12.